The molecule has 0 heterocycles. The van der Waals surface area contributed by atoms with Crippen LogP contribution < -0.4 is 5.32 Å². The predicted molar refractivity (Wildman–Crippen MR) is 97.0 cm³/mol. The van der Waals surface area contributed by atoms with Crippen molar-refractivity contribution in [1.82, 2.24) is 10.2 Å². The summed E-state index contributed by atoms with van der Waals surface area (Å²) in [6.07, 6.45) is 7.45. The van der Waals surface area contributed by atoms with E-state index in [1.54, 1.807) is 29.2 Å². The fourth-order valence-electron chi connectivity index (χ4n) is 3.16. The van der Waals surface area contributed by atoms with E-state index in [-0.39, 0.29) is 24.4 Å². The lowest BCUT2D eigenvalue weighted by molar-refractivity contribution is -0.122. The molecule has 0 bridgehead atoms. The van der Waals surface area contributed by atoms with Crippen molar-refractivity contribution in [1.29, 1.82) is 5.26 Å². The van der Waals surface area contributed by atoms with Gasteiger partial charge in [-0.15, -0.1) is 0 Å². The molecule has 1 aliphatic rings. The van der Waals surface area contributed by atoms with Crippen molar-refractivity contribution in [2.24, 2.45) is 0 Å². The van der Waals surface area contributed by atoms with Gasteiger partial charge in [0.05, 0.1) is 18.2 Å². The topological polar surface area (TPSA) is 73.2 Å². The minimum Gasteiger partial charge on any atom is -0.352 e. The second-order valence-electron chi connectivity index (χ2n) is 6.67. The first-order chi connectivity index (χ1) is 12.1. The van der Waals surface area contributed by atoms with Crippen LogP contribution in [0.25, 0.3) is 0 Å². The van der Waals surface area contributed by atoms with Gasteiger partial charge in [-0.2, -0.15) is 5.26 Å². The van der Waals surface area contributed by atoms with E-state index in [2.05, 4.69) is 12.2 Å². The van der Waals surface area contributed by atoms with Gasteiger partial charge >= 0.3 is 0 Å². The molecule has 1 N–H and O–H groups in total. The van der Waals surface area contributed by atoms with Crippen molar-refractivity contribution in [2.45, 2.75) is 57.9 Å². The first kappa shape index (κ1) is 19.0. The van der Waals surface area contributed by atoms with Gasteiger partial charge in [-0.05, 0) is 43.5 Å². The van der Waals surface area contributed by atoms with Crippen molar-refractivity contribution in [2.75, 3.05) is 13.1 Å². The second-order valence-corrected chi connectivity index (χ2v) is 6.67. The zero-order valence-electron chi connectivity index (χ0n) is 15.0. The monoisotopic (exact) mass is 341 g/mol. The molecule has 1 aromatic rings. The number of unbranched alkanes of at least 4 members (excludes halogenated alkanes) is 1. The number of rotatable bonds is 7. The van der Waals surface area contributed by atoms with E-state index in [1.807, 2.05) is 6.07 Å². The van der Waals surface area contributed by atoms with Gasteiger partial charge in [-0.1, -0.05) is 32.6 Å². The van der Waals surface area contributed by atoms with Crippen LogP contribution in [-0.4, -0.2) is 35.8 Å². The Kier molecular flexibility index (Phi) is 7.46. The van der Waals surface area contributed by atoms with E-state index in [1.165, 1.54) is 6.42 Å². The standard InChI is InChI=1S/C20H27N3O2/c1-2-3-13-23(15-19(24)22-18-7-5-4-6-8-18)20(25)17-11-9-16(14-21)10-12-17/h9-12,18H,2-8,13,15H2,1H3,(H,22,24). The third-order valence-corrected chi connectivity index (χ3v) is 4.63. The number of hydrogen-bond donors (Lipinski definition) is 1. The van der Waals surface area contributed by atoms with Crippen LogP contribution in [0.5, 0.6) is 0 Å². The van der Waals surface area contributed by atoms with Crippen LogP contribution in [0, 0.1) is 11.3 Å². The summed E-state index contributed by atoms with van der Waals surface area (Å²) in [5.41, 5.74) is 1.03. The lowest BCUT2D eigenvalue weighted by Crippen LogP contribution is -2.45. The molecule has 2 amide bonds. The summed E-state index contributed by atoms with van der Waals surface area (Å²) in [6.45, 7) is 2.72. The van der Waals surface area contributed by atoms with Crippen LogP contribution in [-0.2, 0) is 4.79 Å². The molecule has 1 aromatic carbocycles. The highest BCUT2D eigenvalue weighted by Gasteiger charge is 2.21. The van der Waals surface area contributed by atoms with Crippen LogP contribution in [0.15, 0.2) is 24.3 Å². The van der Waals surface area contributed by atoms with Crippen LogP contribution in [0.3, 0.4) is 0 Å². The number of nitrogens with zero attached hydrogens (tertiary/aromatic N) is 2. The summed E-state index contributed by atoms with van der Waals surface area (Å²) >= 11 is 0. The summed E-state index contributed by atoms with van der Waals surface area (Å²) in [5, 5.41) is 11.9. The molecule has 5 heteroatoms. The van der Waals surface area contributed by atoms with E-state index in [9.17, 15) is 9.59 Å². The van der Waals surface area contributed by atoms with Gasteiger partial charge in [-0.3, -0.25) is 9.59 Å². The van der Waals surface area contributed by atoms with Crippen molar-refractivity contribution in [3.63, 3.8) is 0 Å². The summed E-state index contributed by atoms with van der Waals surface area (Å²) in [4.78, 5) is 26.7. The Morgan fingerprint density at radius 1 is 1.20 bits per heavy atom. The Balaban J connectivity index is 1.99. The number of nitriles is 1. The lowest BCUT2D eigenvalue weighted by Gasteiger charge is -2.26. The fourth-order valence-corrected chi connectivity index (χ4v) is 3.16. The molecule has 1 aliphatic carbocycles. The normalized spacial score (nSPS) is 14.6. The molecule has 2 rings (SSSR count). The molecular weight excluding hydrogens is 314 g/mol. The molecule has 0 spiro atoms. The second kappa shape index (κ2) is 9.83. The van der Waals surface area contributed by atoms with Crippen LogP contribution in [0.4, 0.5) is 0 Å². The van der Waals surface area contributed by atoms with E-state index in [0.29, 0.717) is 17.7 Å². The SMILES string of the molecule is CCCCN(CC(=O)NC1CCCCC1)C(=O)c1ccc(C#N)cc1. The highest BCUT2D eigenvalue weighted by Crippen LogP contribution is 2.17. The zero-order valence-corrected chi connectivity index (χ0v) is 15.0. The summed E-state index contributed by atoms with van der Waals surface area (Å²) in [7, 11) is 0. The largest absolute Gasteiger partial charge is 0.352 e. The number of benzene rings is 1. The third kappa shape index (κ3) is 5.90. The summed E-state index contributed by atoms with van der Waals surface area (Å²) < 4.78 is 0. The first-order valence-corrected chi connectivity index (χ1v) is 9.23. The maximum atomic E-state index is 12.7. The van der Waals surface area contributed by atoms with E-state index in [4.69, 9.17) is 5.26 Å². The Morgan fingerprint density at radius 2 is 1.88 bits per heavy atom. The Morgan fingerprint density at radius 3 is 2.48 bits per heavy atom. The smallest absolute Gasteiger partial charge is 0.254 e. The molecular formula is C20H27N3O2. The molecule has 1 saturated carbocycles. The Labute approximate surface area is 150 Å². The van der Waals surface area contributed by atoms with Gasteiger partial charge in [0, 0.05) is 18.2 Å². The zero-order chi connectivity index (χ0) is 18.1. The van der Waals surface area contributed by atoms with Crippen molar-refractivity contribution < 1.29 is 9.59 Å². The van der Waals surface area contributed by atoms with Gasteiger partial charge in [0.25, 0.3) is 5.91 Å². The molecule has 0 aliphatic heterocycles. The summed E-state index contributed by atoms with van der Waals surface area (Å²) in [6, 6.07) is 8.86. The highest BCUT2D eigenvalue weighted by atomic mass is 16.2. The quantitative estimate of drug-likeness (QED) is 0.827. The van der Waals surface area contributed by atoms with E-state index < -0.39 is 0 Å². The number of hydrogen-bond acceptors (Lipinski definition) is 3. The van der Waals surface area contributed by atoms with Gasteiger partial charge in [-0.25, -0.2) is 0 Å². The van der Waals surface area contributed by atoms with Crippen molar-refractivity contribution >= 4 is 11.8 Å². The van der Waals surface area contributed by atoms with E-state index in [0.717, 1.165) is 38.5 Å². The number of carbonyl (C=O) groups is 2. The molecule has 0 atom stereocenters. The fraction of sp³-hybridized carbons (Fsp3) is 0.550. The van der Waals surface area contributed by atoms with E-state index >= 15 is 0 Å². The van der Waals surface area contributed by atoms with Crippen LogP contribution >= 0.6 is 0 Å². The van der Waals surface area contributed by atoms with Gasteiger partial charge in [0.1, 0.15) is 0 Å². The van der Waals surface area contributed by atoms with Gasteiger partial charge < -0.3 is 10.2 Å². The lowest BCUT2D eigenvalue weighted by atomic mass is 9.95. The van der Waals surface area contributed by atoms with Gasteiger partial charge in [0.15, 0.2) is 0 Å². The number of amides is 2. The average Bonchev–Trinajstić information content (AvgIpc) is 2.65. The third-order valence-electron chi connectivity index (χ3n) is 4.63. The Bertz CT molecular complexity index is 613. The molecule has 134 valence electrons. The van der Waals surface area contributed by atoms with Crippen LogP contribution in [0.2, 0.25) is 0 Å². The number of carbonyl (C=O) groups excluding carboxylic acids is 2. The average molecular weight is 341 g/mol. The maximum absolute atomic E-state index is 12.7. The molecule has 0 saturated heterocycles. The molecule has 1 fully saturated rings. The minimum atomic E-state index is -0.156. The van der Waals surface area contributed by atoms with Crippen molar-refractivity contribution in [3.8, 4) is 6.07 Å². The number of nitrogens with one attached hydrogen (secondary N) is 1. The molecule has 0 aromatic heterocycles. The molecule has 0 radical (unpaired) electrons. The highest BCUT2D eigenvalue weighted by molar-refractivity contribution is 5.96. The minimum absolute atomic E-state index is 0.0787. The molecule has 0 unspecified atom stereocenters. The first-order valence-electron chi connectivity index (χ1n) is 9.23. The molecule has 25 heavy (non-hydrogen) atoms. The van der Waals surface area contributed by atoms with Gasteiger partial charge in [0.2, 0.25) is 5.91 Å². The van der Waals surface area contributed by atoms with Crippen LogP contribution in [0.1, 0.15) is 67.8 Å². The van der Waals surface area contributed by atoms with Crippen molar-refractivity contribution in [3.05, 3.63) is 35.4 Å². The predicted octanol–water partition coefficient (Wildman–Crippen LogP) is 3.25. The maximum Gasteiger partial charge on any atom is 0.254 e. The summed E-state index contributed by atoms with van der Waals surface area (Å²) in [5.74, 6) is -0.235. The molecule has 5 nitrogen and oxygen atoms in total. The Hall–Kier alpha value is -2.35.